The molecule has 0 fully saturated rings. The first-order valence-electron chi connectivity index (χ1n) is 4.64. The highest BCUT2D eigenvalue weighted by atomic mass is 16.1. The fourth-order valence-corrected chi connectivity index (χ4v) is 0. The number of Topliss-reactive ketones (excluding diaryl/α,β-unsaturated/α-hetero) is 1. The molecular weight excluding hydrogens is 148 g/mol. The molecule has 0 amide bonds. The molecule has 0 unspecified atom stereocenters. The SMILES string of the molecule is C=C(C)C(C)=O.CCC.CCC. The lowest BCUT2D eigenvalue weighted by Gasteiger charge is -1.80. The molecule has 0 aliphatic carbocycles. The van der Waals surface area contributed by atoms with Crippen LogP contribution < -0.4 is 0 Å². The molecule has 0 atom stereocenters. The number of hydrogen-bond acceptors (Lipinski definition) is 1. The van der Waals surface area contributed by atoms with Crippen LogP contribution in [0.5, 0.6) is 0 Å². The molecule has 0 aromatic carbocycles. The van der Waals surface area contributed by atoms with Gasteiger partial charge in [-0.15, -0.1) is 0 Å². The van der Waals surface area contributed by atoms with Crippen molar-refractivity contribution >= 4 is 5.78 Å². The Kier molecular flexibility index (Phi) is 24.5. The van der Waals surface area contributed by atoms with Crippen molar-refractivity contribution in [2.45, 2.75) is 54.4 Å². The van der Waals surface area contributed by atoms with Crippen LogP contribution in [0, 0.1) is 0 Å². The molecule has 12 heavy (non-hydrogen) atoms. The predicted molar refractivity (Wildman–Crippen MR) is 57.4 cm³/mol. The highest BCUT2D eigenvalue weighted by Gasteiger charge is 1.85. The smallest absolute Gasteiger partial charge is 0.154 e. The van der Waals surface area contributed by atoms with Gasteiger partial charge in [-0.3, -0.25) is 4.79 Å². The van der Waals surface area contributed by atoms with Crippen molar-refractivity contribution in [2.24, 2.45) is 0 Å². The summed E-state index contributed by atoms with van der Waals surface area (Å²) < 4.78 is 0. The summed E-state index contributed by atoms with van der Waals surface area (Å²) in [4.78, 5) is 10.0. The maximum Gasteiger partial charge on any atom is 0.154 e. The van der Waals surface area contributed by atoms with E-state index in [4.69, 9.17) is 0 Å². The van der Waals surface area contributed by atoms with Crippen molar-refractivity contribution in [3.63, 3.8) is 0 Å². The lowest BCUT2D eigenvalue weighted by Crippen LogP contribution is -1.86. The fourth-order valence-electron chi connectivity index (χ4n) is 0. The predicted octanol–water partition coefficient (Wildman–Crippen LogP) is 3.98. The minimum absolute atomic E-state index is 0.0648. The molecular formula is C11H24O. The Morgan fingerprint density at radius 2 is 1.08 bits per heavy atom. The molecule has 0 heterocycles. The van der Waals surface area contributed by atoms with E-state index in [2.05, 4.69) is 34.3 Å². The Balaban J connectivity index is -0.000000115. The van der Waals surface area contributed by atoms with Gasteiger partial charge in [0.2, 0.25) is 0 Å². The van der Waals surface area contributed by atoms with Crippen LogP contribution >= 0.6 is 0 Å². The molecule has 1 nitrogen and oxygen atoms in total. The second kappa shape index (κ2) is 16.8. The third-order valence-corrected chi connectivity index (χ3v) is 0.601. The van der Waals surface area contributed by atoms with E-state index in [1.165, 1.54) is 19.8 Å². The van der Waals surface area contributed by atoms with Gasteiger partial charge in [0.1, 0.15) is 0 Å². The quantitative estimate of drug-likeness (QED) is 0.547. The lowest BCUT2D eigenvalue weighted by molar-refractivity contribution is -0.113. The summed E-state index contributed by atoms with van der Waals surface area (Å²) in [5, 5.41) is 0. The van der Waals surface area contributed by atoms with Gasteiger partial charge in [0.15, 0.2) is 5.78 Å². The standard InChI is InChI=1S/C5H8O.2C3H8/c1-4(2)5(3)6;2*1-3-2/h1H2,2-3H3;2*3H2,1-2H3. The van der Waals surface area contributed by atoms with Crippen LogP contribution in [0.2, 0.25) is 0 Å². The van der Waals surface area contributed by atoms with Crippen LogP contribution in [0.25, 0.3) is 0 Å². The molecule has 0 aliphatic rings. The van der Waals surface area contributed by atoms with E-state index in [1.54, 1.807) is 6.92 Å². The van der Waals surface area contributed by atoms with Gasteiger partial charge in [0.05, 0.1) is 0 Å². The van der Waals surface area contributed by atoms with E-state index in [1.807, 2.05) is 0 Å². The molecule has 74 valence electrons. The van der Waals surface area contributed by atoms with Gasteiger partial charge in [0.25, 0.3) is 0 Å². The zero-order chi connectivity index (χ0) is 10.6. The summed E-state index contributed by atoms with van der Waals surface area (Å²) in [6.07, 6.45) is 2.50. The van der Waals surface area contributed by atoms with Gasteiger partial charge in [-0.1, -0.05) is 47.1 Å². The maximum atomic E-state index is 10.0. The molecule has 0 rings (SSSR count). The van der Waals surface area contributed by atoms with E-state index >= 15 is 0 Å². The highest BCUT2D eigenvalue weighted by Crippen LogP contribution is 1.84. The molecule has 0 saturated heterocycles. The van der Waals surface area contributed by atoms with Crippen molar-refractivity contribution < 1.29 is 4.79 Å². The molecule has 0 aromatic rings. The summed E-state index contributed by atoms with van der Waals surface area (Å²) in [6, 6.07) is 0. The van der Waals surface area contributed by atoms with Crippen molar-refractivity contribution in [2.75, 3.05) is 0 Å². The van der Waals surface area contributed by atoms with E-state index in [9.17, 15) is 4.79 Å². The number of hydrogen-bond donors (Lipinski definition) is 0. The Morgan fingerprint density at radius 1 is 1.00 bits per heavy atom. The topological polar surface area (TPSA) is 17.1 Å². The second-order valence-electron chi connectivity index (χ2n) is 2.75. The minimum Gasteiger partial charge on any atom is -0.295 e. The number of ketones is 1. The molecule has 0 N–H and O–H groups in total. The van der Waals surface area contributed by atoms with E-state index in [0.29, 0.717) is 5.57 Å². The van der Waals surface area contributed by atoms with Crippen LogP contribution in [-0.4, -0.2) is 5.78 Å². The van der Waals surface area contributed by atoms with Crippen LogP contribution in [0.3, 0.4) is 0 Å². The Labute approximate surface area is 77.9 Å². The maximum absolute atomic E-state index is 10.0. The van der Waals surface area contributed by atoms with Crippen LogP contribution in [0.4, 0.5) is 0 Å². The van der Waals surface area contributed by atoms with Crippen molar-refractivity contribution in [3.05, 3.63) is 12.2 Å². The van der Waals surface area contributed by atoms with Crippen molar-refractivity contribution in [1.82, 2.24) is 0 Å². The van der Waals surface area contributed by atoms with Gasteiger partial charge >= 0.3 is 0 Å². The van der Waals surface area contributed by atoms with Crippen LogP contribution in [0.15, 0.2) is 12.2 Å². The number of allylic oxidation sites excluding steroid dienone is 1. The van der Waals surface area contributed by atoms with Gasteiger partial charge < -0.3 is 0 Å². The molecule has 0 spiro atoms. The Morgan fingerprint density at radius 3 is 1.08 bits per heavy atom. The van der Waals surface area contributed by atoms with Gasteiger partial charge in [-0.05, 0) is 19.4 Å². The van der Waals surface area contributed by atoms with Crippen LogP contribution in [-0.2, 0) is 4.79 Å². The molecule has 1 heteroatoms. The van der Waals surface area contributed by atoms with Gasteiger partial charge in [-0.2, -0.15) is 0 Å². The monoisotopic (exact) mass is 172 g/mol. The minimum atomic E-state index is 0.0648. The van der Waals surface area contributed by atoms with Gasteiger partial charge in [0, 0.05) is 0 Å². The molecule has 0 radical (unpaired) electrons. The first-order chi connectivity index (χ1) is 5.47. The zero-order valence-electron chi connectivity index (χ0n) is 9.53. The summed E-state index contributed by atoms with van der Waals surface area (Å²) in [5.74, 6) is 0.0648. The summed E-state index contributed by atoms with van der Waals surface area (Å²) in [6.45, 7) is 15.1. The molecule has 0 aliphatic heterocycles. The third kappa shape index (κ3) is 57.2. The number of carbonyl (C=O) groups excluding carboxylic acids is 1. The van der Waals surface area contributed by atoms with Crippen LogP contribution in [0.1, 0.15) is 54.4 Å². The Bertz CT molecular complexity index is 89.6. The number of carbonyl (C=O) groups is 1. The second-order valence-corrected chi connectivity index (χ2v) is 2.75. The van der Waals surface area contributed by atoms with E-state index in [-0.39, 0.29) is 5.78 Å². The summed E-state index contributed by atoms with van der Waals surface area (Å²) >= 11 is 0. The fraction of sp³-hybridized carbons (Fsp3) is 0.727. The van der Waals surface area contributed by atoms with E-state index < -0.39 is 0 Å². The lowest BCUT2D eigenvalue weighted by atomic mass is 10.3. The average molecular weight is 172 g/mol. The van der Waals surface area contributed by atoms with Crippen molar-refractivity contribution in [1.29, 1.82) is 0 Å². The third-order valence-electron chi connectivity index (χ3n) is 0.601. The first-order valence-corrected chi connectivity index (χ1v) is 4.64. The Hall–Kier alpha value is -0.590. The average Bonchev–Trinajstić information content (AvgIpc) is 1.90. The zero-order valence-corrected chi connectivity index (χ0v) is 9.53. The molecule has 0 saturated carbocycles. The van der Waals surface area contributed by atoms with E-state index in [0.717, 1.165) is 0 Å². The summed E-state index contributed by atoms with van der Waals surface area (Å²) in [7, 11) is 0. The van der Waals surface area contributed by atoms with Gasteiger partial charge in [-0.25, -0.2) is 0 Å². The summed E-state index contributed by atoms with van der Waals surface area (Å²) in [5.41, 5.74) is 0.620. The van der Waals surface area contributed by atoms with Crippen molar-refractivity contribution in [3.8, 4) is 0 Å². The highest BCUT2D eigenvalue weighted by molar-refractivity contribution is 5.91. The first kappa shape index (κ1) is 17.5. The normalized spacial score (nSPS) is 6.83. The molecule has 0 bridgehead atoms. The molecule has 0 aromatic heterocycles. The number of rotatable bonds is 1. The largest absolute Gasteiger partial charge is 0.295 e.